The van der Waals surface area contributed by atoms with Gasteiger partial charge in [-0.2, -0.15) is 0 Å². The van der Waals surface area contributed by atoms with Crippen LogP contribution >= 0.6 is 0 Å². The maximum atomic E-state index is 5.82. The minimum Gasteiger partial charge on any atom is -0.374 e. The molecule has 19 heavy (non-hydrogen) atoms. The van der Waals surface area contributed by atoms with Crippen LogP contribution in [0.2, 0.25) is 0 Å². The summed E-state index contributed by atoms with van der Waals surface area (Å²) in [4.78, 5) is 2.35. The van der Waals surface area contributed by atoms with Crippen molar-refractivity contribution in [1.82, 2.24) is 10.2 Å². The van der Waals surface area contributed by atoms with Crippen LogP contribution in [0.1, 0.15) is 29.2 Å². The summed E-state index contributed by atoms with van der Waals surface area (Å²) in [5.74, 6) is 0. The number of hydrogen-bond donors (Lipinski definition) is 1. The second-order valence-electron chi connectivity index (χ2n) is 5.96. The molecular formula is C16H24N2O. The Morgan fingerprint density at radius 2 is 2.32 bits per heavy atom. The van der Waals surface area contributed by atoms with Crippen LogP contribution in [0.5, 0.6) is 0 Å². The van der Waals surface area contributed by atoms with Gasteiger partial charge < -0.3 is 15.0 Å². The van der Waals surface area contributed by atoms with Crippen molar-refractivity contribution in [3.05, 3.63) is 34.9 Å². The minimum absolute atomic E-state index is 0.340. The van der Waals surface area contributed by atoms with E-state index >= 15 is 0 Å². The van der Waals surface area contributed by atoms with Crippen molar-refractivity contribution in [2.45, 2.75) is 31.9 Å². The molecule has 1 saturated heterocycles. The van der Waals surface area contributed by atoms with Crippen LogP contribution in [0.25, 0.3) is 0 Å². The number of fused-ring (bicyclic) bond motifs is 1. The summed E-state index contributed by atoms with van der Waals surface area (Å²) in [6.07, 6.45) is 2.77. The molecule has 1 fully saturated rings. The standard InChI is InChI=1S/C16H24N2O/c1-12-3-4-13-5-6-16(15(13)9-12)17-10-14-11-18(2)7-8-19-14/h3-4,9,14,16-17H,5-8,10-11H2,1-2H3. The molecule has 2 aliphatic rings. The van der Waals surface area contributed by atoms with E-state index in [4.69, 9.17) is 4.74 Å². The van der Waals surface area contributed by atoms with Crippen LogP contribution in [0.3, 0.4) is 0 Å². The second-order valence-corrected chi connectivity index (χ2v) is 5.96. The molecule has 1 aliphatic carbocycles. The summed E-state index contributed by atoms with van der Waals surface area (Å²) < 4.78 is 5.82. The van der Waals surface area contributed by atoms with E-state index in [1.54, 1.807) is 0 Å². The van der Waals surface area contributed by atoms with Gasteiger partial charge in [-0.25, -0.2) is 0 Å². The fourth-order valence-electron chi connectivity index (χ4n) is 3.20. The number of morpholine rings is 1. The molecule has 0 spiro atoms. The average Bonchev–Trinajstić information content (AvgIpc) is 2.79. The van der Waals surface area contributed by atoms with E-state index in [0.717, 1.165) is 26.2 Å². The van der Waals surface area contributed by atoms with Gasteiger partial charge in [0, 0.05) is 25.7 Å². The van der Waals surface area contributed by atoms with Crippen molar-refractivity contribution in [3.63, 3.8) is 0 Å². The molecule has 2 atom stereocenters. The van der Waals surface area contributed by atoms with Crippen LogP contribution in [-0.4, -0.2) is 44.3 Å². The zero-order valence-corrected chi connectivity index (χ0v) is 12.0. The predicted molar refractivity (Wildman–Crippen MR) is 77.5 cm³/mol. The van der Waals surface area contributed by atoms with Gasteiger partial charge in [0.1, 0.15) is 0 Å². The first-order valence-corrected chi connectivity index (χ1v) is 7.35. The molecule has 0 aromatic heterocycles. The number of ether oxygens (including phenoxy) is 1. The van der Waals surface area contributed by atoms with E-state index in [1.807, 2.05) is 0 Å². The zero-order valence-electron chi connectivity index (χ0n) is 12.0. The minimum atomic E-state index is 0.340. The van der Waals surface area contributed by atoms with Gasteiger partial charge in [-0.05, 0) is 37.9 Å². The number of nitrogens with zero attached hydrogens (tertiary/aromatic N) is 1. The molecule has 1 aliphatic heterocycles. The number of aryl methyl sites for hydroxylation is 2. The number of hydrogen-bond acceptors (Lipinski definition) is 3. The first-order chi connectivity index (χ1) is 9.22. The van der Waals surface area contributed by atoms with Crippen molar-refractivity contribution in [1.29, 1.82) is 0 Å². The van der Waals surface area contributed by atoms with E-state index in [-0.39, 0.29) is 0 Å². The summed E-state index contributed by atoms with van der Waals surface area (Å²) in [5, 5.41) is 3.70. The molecule has 0 amide bonds. The Bertz CT molecular complexity index is 446. The Hall–Kier alpha value is -0.900. The molecule has 1 heterocycles. The molecule has 2 unspecified atom stereocenters. The molecular weight excluding hydrogens is 236 g/mol. The Balaban J connectivity index is 1.59. The highest BCUT2D eigenvalue weighted by Gasteiger charge is 2.24. The lowest BCUT2D eigenvalue weighted by Gasteiger charge is -2.31. The largest absolute Gasteiger partial charge is 0.374 e. The third kappa shape index (κ3) is 2.99. The van der Waals surface area contributed by atoms with Gasteiger partial charge in [0.05, 0.1) is 12.7 Å². The highest BCUT2D eigenvalue weighted by atomic mass is 16.5. The number of nitrogens with one attached hydrogen (secondary N) is 1. The summed E-state index contributed by atoms with van der Waals surface area (Å²) in [6.45, 7) is 6.10. The number of likely N-dealkylation sites (N-methyl/N-ethyl adjacent to an activating group) is 1. The molecule has 1 aromatic rings. The van der Waals surface area contributed by atoms with Gasteiger partial charge in [-0.3, -0.25) is 0 Å². The van der Waals surface area contributed by atoms with Gasteiger partial charge in [0.2, 0.25) is 0 Å². The van der Waals surface area contributed by atoms with Gasteiger partial charge >= 0.3 is 0 Å². The van der Waals surface area contributed by atoms with Crippen LogP contribution in [0, 0.1) is 6.92 Å². The fourth-order valence-corrected chi connectivity index (χ4v) is 3.20. The van der Waals surface area contributed by atoms with Crippen molar-refractivity contribution in [2.24, 2.45) is 0 Å². The molecule has 1 N–H and O–H groups in total. The Morgan fingerprint density at radius 3 is 3.16 bits per heavy atom. The quantitative estimate of drug-likeness (QED) is 0.898. The maximum absolute atomic E-state index is 5.82. The smallest absolute Gasteiger partial charge is 0.0826 e. The lowest BCUT2D eigenvalue weighted by Crippen LogP contribution is -2.45. The first-order valence-electron chi connectivity index (χ1n) is 7.35. The molecule has 104 valence electrons. The maximum Gasteiger partial charge on any atom is 0.0826 e. The SMILES string of the molecule is Cc1ccc2c(c1)C(NCC1CN(C)CCO1)CC2. The Kier molecular flexibility index (Phi) is 3.87. The van der Waals surface area contributed by atoms with Gasteiger partial charge in [0.25, 0.3) is 0 Å². The van der Waals surface area contributed by atoms with Gasteiger partial charge in [-0.1, -0.05) is 23.8 Å². The van der Waals surface area contributed by atoms with Crippen LogP contribution in [0.15, 0.2) is 18.2 Å². The van der Waals surface area contributed by atoms with Crippen molar-refractivity contribution < 1.29 is 4.74 Å². The molecule has 0 saturated carbocycles. The molecule has 3 rings (SSSR count). The normalized spacial score (nSPS) is 27.5. The van der Waals surface area contributed by atoms with Crippen molar-refractivity contribution >= 4 is 0 Å². The third-order valence-electron chi connectivity index (χ3n) is 4.31. The zero-order chi connectivity index (χ0) is 13.2. The molecule has 1 aromatic carbocycles. The lowest BCUT2D eigenvalue weighted by molar-refractivity contribution is -0.0192. The highest BCUT2D eigenvalue weighted by molar-refractivity contribution is 5.37. The highest BCUT2D eigenvalue weighted by Crippen LogP contribution is 2.31. The summed E-state index contributed by atoms with van der Waals surface area (Å²) >= 11 is 0. The molecule has 3 heteroatoms. The monoisotopic (exact) mass is 260 g/mol. The Morgan fingerprint density at radius 1 is 1.42 bits per heavy atom. The van der Waals surface area contributed by atoms with Gasteiger partial charge in [-0.15, -0.1) is 0 Å². The fraction of sp³-hybridized carbons (Fsp3) is 0.625. The lowest BCUT2D eigenvalue weighted by atomic mass is 10.0. The van der Waals surface area contributed by atoms with E-state index in [9.17, 15) is 0 Å². The van der Waals surface area contributed by atoms with Gasteiger partial charge in [0.15, 0.2) is 0 Å². The van der Waals surface area contributed by atoms with Crippen molar-refractivity contribution in [3.8, 4) is 0 Å². The Labute approximate surface area is 115 Å². The van der Waals surface area contributed by atoms with E-state index in [0.29, 0.717) is 12.1 Å². The van der Waals surface area contributed by atoms with Crippen molar-refractivity contribution in [2.75, 3.05) is 33.3 Å². The average molecular weight is 260 g/mol. The van der Waals surface area contributed by atoms with Crippen LogP contribution in [0.4, 0.5) is 0 Å². The summed E-state index contributed by atoms with van der Waals surface area (Å²) in [5.41, 5.74) is 4.38. The molecule has 0 radical (unpaired) electrons. The first kappa shape index (κ1) is 13.1. The topological polar surface area (TPSA) is 24.5 Å². The summed E-state index contributed by atoms with van der Waals surface area (Å²) in [7, 11) is 2.17. The molecule has 0 bridgehead atoms. The second kappa shape index (κ2) is 5.61. The predicted octanol–water partition coefficient (Wildman–Crippen LogP) is 1.90. The van der Waals surface area contributed by atoms with Crippen LogP contribution in [-0.2, 0) is 11.2 Å². The third-order valence-corrected chi connectivity index (χ3v) is 4.31. The summed E-state index contributed by atoms with van der Waals surface area (Å²) in [6, 6.07) is 7.37. The van der Waals surface area contributed by atoms with E-state index in [1.165, 1.54) is 29.5 Å². The van der Waals surface area contributed by atoms with E-state index in [2.05, 4.69) is 42.4 Å². The van der Waals surface area contributed by atoms with E-state index < -0.39 is 0 Å². The van der Waals surface area contributed by atoms with Crippen LogP contribution < -0.4 is 5.32 Å². The number of benzene rings is 1. The molecule has 3 nitrogen and oxygen atoms in total. The number of rotatable bonds is 3.